The van der Waals surface area contributed by atoms with E-state index in [1.54, 1.807) is 11.8 Å². The lowest BCUT2D eigenvalue weighted by Gasteiger charge is -2.25. The first-order valence-corrected chi connectivity index (χ1v) is 8.70. The highest BCUT2D eigenvalue weighted by Crippen LogP contribution is 2.25. The molecule has 0 aliphatic heterocycles. The highest BCUT2D eigenvalue weighted by Gasteiger charge is 2.18. The van der Waals surface area contributed by atoms with E-state index in [0.29, 0.717) is 11.1 Å². The van der Waals surface area contributed by atoms with Gasteiger partial charge in [0.15, 0.2) is 0 Å². The van der Waals surface area contributed by atoms with E-state index in [9.17, 15) is 4.79 Å². The van der Waals surface area contributed by atoms with Crippen LogP contribution in [0.5, 0.6) is 0 Å². The topological polar surface area (TPSA) is 59.2 Å². The zero-order chi connectivity index (χ0) is 17.1. The number of amides is 1. The SMILES string of the molecule is Cc1nnc(SCC(=O)N(C)[C@@H](C)c2ccc3ccccc3c2)o1. The first kappa shape index (κ1) is 16.5. The van der Waals surface area contributed by atoms with Gasteiger partial charge in [-0.3, -0.25) is 4.79 Å². The zero-order valence-corrected chi connectivity index (χ0v) is 14.7. The van der Waals surface area contributed by atoms with Crippen LogP contribution in [0.25, 0.3) is 10.8 Å². The molecular formula is C18H19N3O2S. The summed E-state index contributed by atoms with van der Waals surface area (Å²) < 4.78 is 5.28. The summed E-state index contributed by atoms with van der Waals surface area (Å²) >= 11 is 1.26. The fraction of sp³-hybridized carbons (Fsp3) is 0.278. The van der Waals surface area contributed by atoms with Gasteiger partial charge in [-0.15, -0.1) is 10.2 Å². The summed E-state index contributed by atoms with van der Waals surface area (Å²) in [6.07, 6.45) is 0. The number of rotatable bonds is 5. The summed E-state index contributed by atoms with van der Waals surface area (Å²) in [6, 6.07) is 14.5. The lowest BCUT2D eigenvalue weighted by Crippen LogP contribution is -2.31. The first-order valence-electron chi connectivity index (χ1n) is 7.72. The molecule has 0 aliphatic carbocycles. The lowest BCUT2D eigenvalue weighted by atomic mass is 10.0. The van der Waals surface area contributed by atoms with Gasteiger partial charge in [0.05, 0.1) is 11.8 Å². The highest BCUT2D eigenvalue weighted by molar-refractivity contribution is 7.99. The second-order valence-corrected chi connectivity index (χ2v) is 6.59. The molecule has 1 heterocycles. The predicted octanol–water partition coefficient (Wildman–Crippen LogP) is 3.84. The van der Waals surface area contributed by atoms with E-state index < -0.39 is 0 Å². The van der Waals surface area contributed by atoms with Crippen molar-refractivity contribution in [3.63, 3.8) is 0 Å². The molecule has 0 saturated carbocycles. The standard InChI is InChI=1S/C18H19N3O2S/c1-12(15-9-8-14-6-4-5-7-16(14)10-15)21(3)17(22)11-24-18-20-19-13(2)23-18/h4-10,12H,11H2,1-3H3/t12-/m0/s1. The largest absolute Gasteiger partial charge is 0.416 e. The summed E-state index contributed by atoms with van der Waals surface area (Å²) in [5.74, 6) is 0.801. The second kappa shape index (κ2) is 7.05. The lowest BCUT2D eigenvalue weighted by molar-refractivity contribution is -0.128. The van der Waals surface area contributed by atoms with Crippen molar-refractivity contribution in [2.45, 2.75) is 25.1 Å². The van der Waals surface area contributed by atoms with Crippen molar-refractivity contribution in [3.05, 3.63) is 53.9 Å². The fourth-order valence-corrected chi connectivity index (χ4v) is 3.20. The molecule has 124 valence electrons. The van der Waals surface area contributed by atoms with Crippen LogP contribution in [0.4, 0.5) is 0 Å². The van der Waals surface area contributed by atoms with Crippen molar-refractivity contribution in [2.75, 3.05) is 12.8 Å². The van der Waals surface area contributed by atoms with E-state index in [1.807, 2.05) is 26.1 Å². The van der Waals surface area contributed by atoms with Crippen LogP contribution in [0.15, 0.2) is 52.1 Å². The third-order valence-electron chi connectivity index (χ3n) is 4.06. The molecule has 0 N–H and O–H groups in total. The molecule has 24 heavy (non-hydrogen) atoms. The Hall–Kier alpha value is -2.34. The van der Waals surface area contributed by atoms with Crippen LogP contribution >= 0.6 is 11.8 Å². The molecule has 0 bridgehead atoms. The Morgan fingerprint density at radius 2 is 1.96 bits per heavy atom. The summed E-state index contributed by atoms with van der Waals surface area (Å²) in [4.78, 5) is 14.2. The number of nitrogens with zero attached hydrogens (tertiary/aromatic N) is 3. The second-order valence-electron chi connectivity index (χ2n) is 5.66. The number of carbonyl (C=O) groups is 1. The van der Waals surface area contributed by atoms with Crippen LogP contribution in [0, 0.1) is 6.92 Å². The van der Waals surface area contributed by atoms with E-state index in [4.69, 9.17) is 4.42 Å². The summed E-state index contributed by atoms with van der Waals surface area (Å²) in [5, 5.41) is 10.5. The van der Waals surface area contributed by atoms with Crippen molar-refractivity contribution in [1.82, 2.24) is 15.1 Å². The van der Waals surface area contributed by atoms with Gasteiger partial charge in [-0.2, -0.15) is 0 Å². The van der Waals surface area contributed by atoms with Crippen molar-refractivity contribution < 1.29 is 9.21 Å². The van der Waals surface area contributed by atoms with Crippen LogP contribution in [-0.4, -0.2) is 33.8 Å². The molecule has 0 saturated heterocycles. The molecule has 5 nitrogen and oxygen atoms in total. The molecule has 0 unspecified atom stereocenters. The molecule has 0 spiro atoms. The van der Waals surface area contributed by atoms with E-state index in [1.165, 1.54) is 22.5 Å². The Labute approximate surface area is 145 Å². The molecule has 1 aromatic heterocycles. The maximum Gasteiger partial charge on any atom is 0.277 e. The Kier molecular flexibility index (Phi) is 4.85. The van der Waals surface area contributed by atoms with E-state index >= 15 is 0 Å². The predicted molar refractivity (Wildman–Crippen MR) is 94.9 cm³/mol. The third kappa shape index (κ3) is 3.59. The average Bonchev–Trinajstić information content (AvgIpc) is 3.03. The smallest absolute Gasteiger partial charge is 0.277 e. The Bertz CT molecular complexity index is 862. The van der Waals surface area contributed by atoms with Gasteiger partial charge in [-0.1, -0.05) is 48.2 Å². The molecule has 0 aliphatic rings. The monoisotopic (exact) mass is 341 g/mol. The Morgan fingerprint density at radius 3 is 2.67 bits per heavy atom. The average molecular weight is 341 g/mol. The molecule has 3 aromatic rings. The van der Waals surface area contributed by atoms with Gasteiger partial charge in [-0.05, 0) is 29.3 Å². The van der Waals surface area contributed by atoms with Crippen LogP contribution in [0.2, 0.25) is 0 Å². The molecule has 6 heteroatoms. The van der Waals surface area contributed by atoms with E-state index in [2.05, 4.69) is 40.5 Å². The maximum absolute atomic E-state index is 12.4. The van der Waals surface area contributed by atoms with Gasteiger partial charge in [0.1, 0.15) is 0 Å². The van der Waals surface area contributed by atoms with Crippen LogP contribution in [0.3, 0.4) is 0 Å². The van der Waals surface area contributed by atoms with E-state index in [0.717, 1.165) is 5.56 Å². The summed E-state index contributed by atoms with van der Waals surface area (Å²) in [5.41, 5.74) is 1.11. The van der Waals surface area contributed by atoms with Gasteiger partial charge < -0.3 is 9.32 Å². The molecule has 0 fully saturated rings. The van der Waals surface area contributed by atoms with Gasteiger partial charge in [0, 0.05) is 14.0 Å². The molecule has 1 amide bonds. The van der Waals surface area contributed by atoms with Crippen molar-refractivity contribution in [3.8, 4) is 0 Å². The minimum atomic E-state index is -0.00729. The summed E-state index contributed by atoms with van der Waals surface area (Å²) in [6.45, 7) is 3.76. The minimum absolute atomic E-state index is 0.00729. The summed E-state index contributed by atoms with van der Waals surface area (Å²) in [7, 11) is 1.82. The normalized spacial score (nSPS) is 12.3. The maximum atomic E-state index is 12.4. The van der Waals surface area contributed by atoms with Crippen molar-refractivity contribution >= 4 is 28.4 Å². The highest BCUT2D eigenvalue weighted by atomic mass is 32.2. The molecule has 3 rings (SSSR count). The van der Waals surface area contributed by atoms with Crippen LogP contribution in [0.1, 0.15) is 24.4 Å². The number of hydrogen-bond acceptors (Lipinski definition) is 5. The number of fused-ring (bicyclic) bond motifs is 1. The Balaban J connectivity index is 1.67. The van der Waals surface area contributed by atoms with Gasteiger partial charge in [-0.25, -0.2) is 0 Å². The quantitative estimate of drug-likeness (QED) is 0.660. The number of carbonyl (C=O) groups excluding carboxylic acids is 1. The molecule has 0 radical (unpaired) electrons. The molecular weight excluding hydrogens is 322 g/mol. The number of aryl methyl sites for hydroxylation is 1. The van der Waals surface area contributed by atoms with Gasteiger partial charge in [0.25, 0.3) is 5.22 Å². The molecule has 1 atom stereocenters. The molecule has 2 aromatic carbocycles. The third-order valence-corrected chi connectivity index (χ3v) is 4.86. The number of aromatic nitrogens is 2. The Morgan fingerprint density at radius 1 is 1.21 bits per heavy atom. The van der Waals surface area contributed by atoms with Gasteiger partial charge >= 0.3 is 0 Å². The minimum Gasteiger partial charge on any atom is -0.416 e. The van der Waals surface area contributed by atoms with Crippen LogP contribution < -0.4 is 0 Å². The number of hydrogen-bond donors (Lipinski definition) is 0. The number of thioether (sulfide) groups is 1. The van der Waals surface area contributed by atoms with Gasteiger partial charge in [0.2, 0.25) is 11.8 Å². The fourth-order valence-electron chi connectivity index (χ4n) is 2.47. The van der Waals surface area contributed by atoms with Crippen LogP contribution in [-0.2, 0) is 4.79 Å². The number of benzene rings is 2. The first-order chi connectivity index (χ1) is 11.5. The van der Waals surface area contributed by atoms with E-state index in [-0.39, 0.29) is 17.7 Å². The van der Waals surface area contributed by atoms with Crippen molar-refractivity contribution in [1.29, 1.82) is 0 Å². The zero-order valence-electron chi connectivity index (χ0n) is 13.9. The van der Waals surface area contributed by atoms with Crippen molar-refractivity contribution in [2.24, 2.45) is 0 Å².